The average molecular weight is 785 g/mol. The Labute approximate surface area is 333 Å². The van der Waals surface area contributed by atoms with Crippen LogP contribution < -0.4 is 21.3 Å². The molecule has 14 heteroatoms. The average Bonchev–Trinajstić information content (AvgIpc) is 3.57. The van der Waals surface area contributed by atoms with Gasteiger partial charge in [-0.05, 0) is 105 Å². The molecule has 0 bridgehead atoms. The molecule has 0 aliphatic carbocycles. The summed E-state index contributed by atoms with van der Waals surface area (Å²) in [7, 11) is 0. The van der Waals surface area contributed by atoms with Gasteiger partial charge in [-0.3, -0.25) is 14.4 Å². The summed E-state index contributed by atoms with van der Waals surface area (Å²) in [6, 6.07) is 7.44. The maximum Gasteiger partial charge on any atom is 0.407 e. The number of nitrogens with one attached hydrogen (secondary N) is 4. The van der Waals surface area contributed by atoms with E-state index in [2.05, 4.69) is 21.3 Å². The van der Waals surface area contributed by atoms with E-state index in [4.69, 9.17) is 4.74 Å². The number of carbonyl (C=O) groups is 5. The van der Waals surface area contributed by atoms with E-state index in [0.29, 0.717) is 70.9 Å². The molecule has 2 aliphatic heterocycles. The van der Waals surface area contributed by atoms with E-state index in [9.17, 15) is 34.3 Å². The minimum atomic E-state index is -1.14. The normalized spacial score (nSPS) is 20.3. The predicted molar refractivity (Wildman–Crippen MR) is 215 cm³/mol. The second kappa shape index (κ2) is 20.3. The van der Waals surface area contributed by atoms with Crippen LogP contribution in [0.2, 0.25) is 0 Å². The van der Waals surface area contributed by atoms with Gasteiger partial charge < -0.3 is 41.2 Å². The number of rotatable bonds is 17. The largest absolute Gasteiger partial charge is 0.465 e. The summed E-state index contributed by atoms with van der Waals surface area (Å²) >= 11 is 0. The van der Waals surface area contributed by atoms with E-state index >= 15 is 0 Å². The van der Waals surface area contributed by atoms with E-state index < -0.39 is 58.8 Å². The van der Waals surface area contributed by atoms with Crippen LogP contribution in [0.3, 0.4) is 0 Å². The summed E-state index contributed by atoms with van der Waals surface area (Å²) in [5, 5.41) is 32.6. The maximum absolute atomic E-state index is 14.3. The van der Waals surface area contributed by atoms with Crippen molar-refractivity contribution in [2.75, 3.05) is 13.1 Å². The lowest BCUT2D eigenvalue weighted by Crippen LogP contribution is -2.60. The van der Waals surface area contributed by atoms with Gasteiger partial charge >= 0.3 is 12.2 Å². The molecule has 2 fully saturated rings. The number of benzene rings is 1. The van der Waals surface area contributed by atoms with Crippen LogP contribution >= 0.6 is 0 Å². The van der Waals surface area contributed by atoms with Gasteiger partial charge in [-0.1, -0.05) is 56.3 Å². The molecule has 0 unspecified atom stereocenters. The van der Waals surface area contributed by atoms with Crippen molar-refractivity contribution in [3.63, 3.8) is 0 Å². The highest BCUT2D eigenvalue weighted by Crippen LogP contribution is 2.38. The second-order valence-corrected chi connectivity index (χ2v) is 18.2. The highest BCUT2D eigenvalue weighted by Gasteiger charge is 2.46. The van der Waals surface area contributed by atoms with Crippen LogP contribution in [0.25, 0.3) is 0 Å². The first-order valence-corrected chi connectivity index (χ1v) is 20.2. The molecular weight excluding hydrogens is 716 g/mol. The van der Waals surface area contributed by atoms with Gasteiger partial charge in [0.05, 0.1) is 12.0 Å². The summed E-state index contributed by atoms with van der Waals surface area (Å²) in [5.41, 5.74) is -0.720. The summed E-state index contributed by atoms with van der Waals surface area (Å²) in [4.78, 5) is 67.5. The van der Waals surface area contributed by atoms with Gasteiger partial charge in [-0.25, -0.2) is 9.59 Å². The number of unbranched alkanes of at least 4 members (excludes halogenated alkanes) is 1. The van der Waals surface area contributed by atoms with Gasteiger partial charge in [0, 0.05) is 42.5 Å². The van der Waals surface area contributed by atoms with Crippen LogP contribution in [-0.2, 0) is 25.5 Å². The van der Waals surface area contributed by atoms with E-state index in [1.165, 1.54) is 5.06 Å². The van der Waals surface area contributed by atoms with Crippen LogP contribution in [-0.4, -0.2) is 104 Å². The van der Waals surface area contributed by atoms with Crippen LogP contribution in [0.5, 0.6) is 0 Å². The summed E-state index contributed by atoms with van der Waals surface area (Å²) in [6.07, 6.45) is 5.81. The molecule has 5 amide bonds. The summed E-state index contributed by atoms with van der Waals surface area (Å²) in [6.45, 7) is 17.9. The fourth-order valence-electron chi connectivity index (χ4n) is 7.85. The standard InChI is InChI=1S/C42H68N6O8/c1-28(2)24-31(44-38(52)53)21-20-30(25-29-16-11-10-12-17-29)37(51)47-23-15-19-34(47)36(50)45-33(35(49)46-40(3,4)5)18-13-14-22-43-39(54)56-32-26-41(6,7)48(55)42(8,9)27-32/h10-12,16-17,20-21,28,30-34,44,55H,13-15,18-19,22-27H2,1-9H3,(H,43,54)(H,45,50)(H,46,49)(H,52,53)/b21-20+/t30-,31-,33+,34+/m1/s1. The highest BCUT2D eigenvalue weighted by molar-refractivity contribution is 5.93. The van der Waals surface area contributed by atoms with Crippen molar-refractivity contribution in [3.8, 4) is 0 Å². The van der Waals surface area contributed by atoms with Crippen molar-refractivity contribution in [2.45, 2.75) is 161 Å². The third-order valence-corrected chi connectivity index (χ3v) is 10.3. The summed E-state index contributed by atoms with van der Waals surface area (Å²) < 4.78 is 5.71. The molecule has 56 heavy (non-hydrogen) atoms. The molecular formula is C42H68N6O8. The van der Waals surface area contributed by atoms with E-state index in [0.717, 1.165) is 5.56 Å². The number of hydrogen-bond acceptors (Lipinski definition) is 8. The van der Waals surface area contributed by atoms with Crippen LogP contribution in [0.4, 0.5) is 9.59 Å². The Balaban J connectivity index is 1.67. The van der Waals surface area contributed by atoms with E-state index in [1.54, 1.807) is 17.1 Å². The molecule has 0 radical (unpaired) electrons. The minimum absolute atomic E-state index is 0.213. The lowest BCUT2D eigenvalue weighted by molar-refractivity contribution is -0.256. The Bertz CT molecular complexity index is 1490. The fourth-order valence-corrected chi connectivity index (χ4v) is 7.85. The molecule has 2 aliphatic rings. The van der Waals surface area contributed by atoms with Gasteiger partial charge in [0.25, 0.3) is 0 Å². The lowest BCUT2D eigenvalue weighted by atomic mass is 9.80. The number of alkyl carbamates (subject to hydrolysis) is 1. The highest BCUT2D eigenvalue weighted by atomic mass is 16.6. The smallest absolute Gasteiger partial charge is 0.407 e. The zero-order valence-corrected chi connectivity index (χ0v) is 35.0. The molecule has 1 aromatic rings. The lowest BCUT2D eigenvalue weighted by Gasteiger charge is -2.50. The molecule has 4 atom stereocenters. The van der Waals surface area contributed by atoms with Crippen molar-refractivity contribution in [1.29, 1.82) is 0 Å². The number of hydroxylamine groups is 2. The molecule has 0 aromatic heterocycles. The second-order valence-electron chi connectivity index (χ2n) is 18.2. The molecule has 314 valence electrons. The first-order chi connectivity index (χ1) is 26.1. The van der Waals surface area contributed by atoms with Crippen LogP contribution in [0.1, 0.15) is 119 Å². The zero-order chi connectivity index (χ0) is 41.8. The molecule has 2 saturated heterocycles. The number of carboxylic acid groups (broad SMARTS) is 1. The van der Waals surface area contributed by atoms with E-state index in [1.807, 2.05) is 92.6 Å². The predicted octanol–water partition coefficient (Wildman–Crippen LogP) is 5.78. The Hall–Kier alpha value is -4.17. The van der Waals surface area contributed by atoms with Gasteiger partial charge in [0.15, 0.2) is 0 Å². The molecule has 1 aromatic carbocycles. The van der Waals surface area contributed by atoms with Gasteiger partial charge in [-0.15, -0.1) is 0 Å². The number of likely N-dealkylation sites (tertiary alicyclic amines) is 1. The topological polar surface area (TPSA) is 190 Å². The molecule has 6 N–H and O–H groups in total. The third-order valence-electron chi connectivity index (χ3n) is 10.3. The Morgan fingerprint density at radius 3 is 2.20 bits per heavy atom. The van der Waals surface area contributed by atoms with Crippen LogP contribution in [0.15, 0.2) is 42.5 Å². The van der Waals surface area contributed by atoms with E-state index in [-0.39, 0.29) is 23.8 Å². The van der Waals surface area contributed by atoms with Crippen molar-refractivity contribution in [3.05, 3.63) is 48.0 Å². The number of hydrogen-bond donors (Lipinski definition) is 6. The monoisotopic (exact) mass is 785 g/mol. The van der Waals surface area contributed by atoms with Gasteiger partial charge in [0.1, 0.15) is 18.2 Å². The van der Waals surface area contributed by atoms with Gasteiger partial charge in [-0.2, -0.15) is 5.06 Å². The number of carbonyl (C=O) groups excluding carboxylic acids is 4. The first-order valence-electron chi connectivity index (χ1n) is 20.2. The first kappa shape index (κ1) is 46.2. The van der Waals surface area contributed by atoms with Crippen LogP contribution in [0, 0.1) is 11.8 Å². The van der Waals surface area contributed by atoms with Crippen molar-refractivity contribution >= 4 is 29.9 Å². The SMILES string of the molecule is CC(C)C[C@@H](/C=C/[C@H](Cc1ccccc1)C(=O)N1CCC[C@H]1C(=O)N[C@@H](CCCCNC(=O)OC1CC(C)(C)N(O)C(C)(C)C1)C(=O)NC(C)(C)C)NC(=O)O. The number of amides is 5. The third kappa shape index (κ3) is 14.7. The fraction of sp³-hybridized carbons (Fsp3) is 0.690. The van der Waals surface area contributed by atoms with Crippen molar-refractivity contribution in [1.82, 2.24) is 31.2 Å². The molecule has 14 nitrogen and oxygen atoms in total. The Kier molecular flexibility index (Phi) is 16.8. The zero-order valence-electron chi connectivity index (χ0n) is 35.0. The molecule has 0 spiro atoms. The summed E-state index contributed by atoms with van der Waals surface area (Å²) in [5.74, 6) is -1.40. The van der Waals surface area contributed by atoms with Gasteiger partial charge in [0.2, 0.25) is 17.7 Å². The number of ether oxygens (including phenoxy) is 1. The quantitative estimate of drug-likeness (QED) is 0.0840. The minimum Gasteiger partial charge on any atom is -0.465 e. The maximum atomic E-state index is 14.3. The molecule has 0 saturated carbocycles. The van der Waals surface area contributed by atoms with Crippen molar-refractivity contribution < 1.29 is 39.0 Å². The molecule has 2 heterocycles. The van der Waals surface area contributed by atoms with Crippen molar-refractivity contribution in [2.24, 2.45) is 11.8 Å². The Morgan fingerprint density at radius 2 is 1.61 bits per heavy atom. The Morgan fingerprint density at radius 1 is 0.964 bits per heavy atom. The molecule has 3 rings (SSSR count). The number of nitrogens with zero attached hydrogens (tertiary/aromatic N) is 2. The number of piperidine rings is 1.